The molecule has 0 radical (unpaired) electrons. The molecule has 0 saturated carbocycles. The van der Waals surface area contributed by atoms with Crippen LogP contribution in [0.3, 0.4) is 0 Å². The predicted octanol–water partition coefficient (Wildman–Crippen LogP) is 16.2. The maximum absolute atomic E-state index is 12.8. The van der Waals surface area contributed by atoms with Crippen LogP contribution in [0.5, 0.6) is 0 Å². The molecule has 9 heteroatoms. The molecular weight excluding hydrogens is 864 g/mol. The summed E-state index contributed by atoms with van der Waals surface area (Å²) in [6.45, 7) is 4.54. The first kappa shape index (κ1) is 64.9. The molecule has 0 spiro atoms. The maximum Gasteiger partial charge on any atom is 0.472 e. The zero-order valence-electron chi connectivity index (χ0n) is 44.0. The van der Waals surface area contributed by atoms with Crippen molar-refractivity contribution in [2.24, 2.45) is 0 Å². The number of allylic oxidation sites excluding steroid dienone is 19. The van der Waals surface area contributed by atoms with E-state index in [9.17, 15) is 19.4 Å². The van der Waals surface area contributed by atoms with E-state index in [-0.39, 0.29) is 19.1 Å². The van der Waals surface area contributed by atoms with Crippen LogP contribution in [0.25, 0.3) is 0 Å². The average Bonchev–Trinajstić information content (AvgIpc) is 3.30. The van der Waals surface area contributed by atoms with Crippen LogP contribution < -0.4 is 5.32 Å². The molecule has 0 rings (SSSR count). The van der Waals surface area contributed by atoms with Crippen molar-refractivity contribution in [1.29, 1.82) is 0 Å². The molecule has 0 aromatic heterocycles. The van der Waals surface area contributed by atoms with E-state index < -0.39 is 20.0 Å². The molecule has 3 atom stereocenters. The number of nitrogens with one attached hydrogen (secondary N) is 1. The first-order chi connectivity index (χ1) is 33.0. The minimum Gasteiger partial charge on any atom is -0.387 e. The van der Waals surface area contributed by atoms with Crippen molar-refractivity contribution in [3.05, 3.63) is 122 Å². The van der Waals surface area contributed by atoms with Gasteiger partial charge in [0.05, 0.1) is 39.9 Å². The number of carbonyl (C=O) groups is 1. The Morgan fingerprint density at radius 1 is 0.515 bits per heavy atom. The van der Waals surface area contributed by atoms with E-state index in [1.807, 2.05) is 27.2 Å². The summed E-state index contributed by atoms with van der Waals surface area (Å²) in [6, 6.07) is -0.867. The smallest absolute Gasteiger partial charge is 0.387 e. The second kappa shape index (κ2) is 48.9. The molecule has 0 aliphatic rings. The van der Waals surface area contributed by atoms with Gasteiger partial charge in [-0.25, -0.2) is 4.57 Å². The first-order valence-electron chi connectivity index (χ1n) is 26.9. The van der Waals surface area contributed by atoms with Crippen LogP contribution >= 0.6 is 7.82 Å². The summed E-state index contributed by atoms with van der Waals surface area (Å²) in [4.78, 5) is 23.1. The number of quaternary nitrogens is 1. The minimum absolute atomic E-state index is 0.0507. The molecule has 0 bridgehead atoms. The van der Waals surface area contributed by atoms with Gasteiger partial charge in [-0.3, -0.25) is 13.8 Å². The van der Waals surface area contributed by atoms with Gasteiger partial charge < -0.3 is 19.8 Å². The number of likely N-dealkylation sites (N-methyl/N-ethyl adjacent to an activating group) is 1. The van der Waals surface area contributed by atoms with Crippen molar-refractivity contribution in [2.75, 3.05) is 40.9 Å². The lowest BCUT2D eigenvalue weighted by molar-refractivity contribution is -0.870. The van der Waals surface area contributed by atoms with Gasteiger partial charge in [0, 0.05) is 6.42 Å². The number of aliphatic hydroxyl groups excluding tert-OH is 1. The topological polar surface area (TPSA) is 105 Å². The normalized spacial score (nSPS) is 15.0. The Morgan fingerprint density at radius 3 is 1.34 bits per heavy atom. The summed E-state index contributed by atoms with van der Waals surface area (Å²) in [6.07, 6.45) is 73.4. The molecule has 388 valence electrons. The van der Waals surface area contributed by atoms with E-state index in [4.69, 9.17) is 9.05 Å². The highest BCUT2D eigenvalue weighted by Crippen LogP contribution is 2.43. The van der Waals surface area contributed by atoms with Gasteiger partial charge in [-0.05, 0) is 89.9 Å². The van der Waals surface area contributed by atoms with Crippen molar-refractivity contribution in [3.63, 3.8) is 0 Å². The number of carbonyl (C=O) groups excluding carboxylic acids is 1. The second-order valence-corrected chi connectivity index (χ2v) is 20.3. The maximum atomic E-state index is 12.8. The highest BCUT2D eigenvalue weighted by Gasteiger charge is 2.27. The van der Waals surface area contributed by atoms with Gasteiger partial charge in [0.1, 0.15) is 13.2 Å². The number of unbranched alkanes of at least 4 members (excludes halogenated alkanes) is 16. The number of hydrogen-bond acceptors (Lipinski definition) is 5. The molecule has 0 fully saturated rings. The fraction of sp³-hybridized carbons (Fsp3) is 0.644. The fourth-order valence-corrected chi connectivity index (χ4v) is 7.70. The molecule has 1 amide bonds. The van der Waals surface area contributed by atoms with E-state index in [2.05, 4.69) is 129 Å². The average molecular weight is 966 g/mol. The molecule has 68 heavy (non-hydrogen) atoms. The van der Waals surface area contributed by atoms with Gasteiger partial charge >= 0.3 is 7.82 Å². The van der Waals surface area contributed by atoms with E-state index in [1.54, 1.807) is 6.08 Å². The summed E-state index contributed by atoms with van der Waals surface area (Å²) in [5, 5.41) is 13.7. The number of aliphatic hydroxyl groups is 1. The number of nitrogens with zero attached hydrogens (tertiary/aromatic N) is 1. The number of phosphoric ester groups is 1. The lowest BCUT2D eigenvalue weighted by Crippen LogP contribution is -2.45. The van der Waals surface area contributed by atoms with Crippen LogP contribution in [0.15, 0.2) is 122 Å². The SMILES string of the molecule is CC/C=C\C/C=C\C/C=C\C/C=C\C/C=C\C/C=C\C/C=C\C/C=C\CCCCCCCCCCCCCCCCC(=O)NC(COP(=O)(O)OCC[N+](C)(C)C)C(O)/C=C/CC/C=C/CCC. The Morgan fingerprint density at radius 2 is 0.897 bits per heavy atom. The molecule has 8 nitrogen and oxygen atoms in total. The third-order valence-electron chi connectivity index (χ3n) is 11.1. The number of phosphoric acid groups is 1. The summed E-state index contributed by atoms with van der Waals surface area (Å²) in [5.41, 5.74) is 0. The Kier molecular flexibility index (Phi) is 46.7. The molecule has 3 unspecified atom stereocenters. The van der Waals surface area contributed by atoms with Crippen LogP contribution in [0.4, 0.5) is 0 Å². The molecule has 3 N–H and O–H groups in total. The van der Waals surface area contributed by atoms with Crippen molar-refractivity contribution in [1.82, 2.24) is 5.32 Å². The number of amides is 1. The van der Waals surface area contributed by atoms with Gasteiger partial charge in [-0.1, -0.05) is 219 Å². The van der Waals surface area contributed by atoms with Gasteiger partial charge in [-0.15, -0.1) is 0 Å². The van der Waals surface area contributed by atoms with Gasteiger partial charge in [-0.2, -0.15) is 0 Å². The number of rotatable bonds is 47. The summed E-state index contributed by atoms with van der Waals surface area (Å²) in [5.74, 6) is -0.198. The summed E-state index contributed by atoms with van der Waals surface area (Å²) < 4.78 is 23.5. The van der Waals surface area contributed by atoms with Crippen molar-refractivity contribution in [2.45, 2.75) is 206 Å². The van der Waals surface area contributed by atoms with Crippen molar-refractivity contribution in [3.8, 4) is 0 Å². The Labute approximate surface area is 418 Å². The van der Waals surface area contributed by atoms with E-state index in [0.717, 1.165) is 96.3 Å². The van der Waals surface area contributed by atoms with Crippen molar-refractivity contribution >= 4 is 13.7 Å². The van der Waals surface area contributed by atoms with Crippen molar-refractivity contribution < 1.29 is 32.9 Å². The summed E-state index contributed by atoms with van der Waals surface area (Å²) >= 11 is 0. The quantitative estimate of drug-likeness (QED) is 0.0243. The van der Waals surface area contributed by atoms with Crippen LogP contribution in [0.2, 0.25) is 0 Å². The molecule has 0 aromatic rings. The Hall–Kier alpha value is -3.10. The first-order valence-corrected chi connectivity index (χ1v) is 28.4. The molecule has 0 aliphatic heterocycles. The predicted molar refractivity (Wildman–Crippen MR) is 295 cm³/mol. The third kappa shape index (κ3) is 50.8. The van der Waals surface area contributed by atoms with E-state index in [1.165, 1.54) is 77.0 Å². The molecule has 0 heterocycles. The lowest BCUT2D eigenvalue weighted by Gasteiger charge is -2.25. The summed E-state index contributed by atoms with van der Waals surface area (Å²) in [7, 11) is 1.54. The highest BCUT2D eigenvalue weighted by molar-refractivity contribution is 7.47. The molecule has 0 saturated heterocycles. The molecule has 0 aromatic carbocycles. The van der Waals surface area contributed by atoms with Gasteiger partial charge in [0.2, 0.25) is 5.91 Å². The van der Waals surface area contributed by atoms with Crippen LogP contribution in [-0.4, -0.2) is 73.4 Å². The zero-order chi connectivity index (χ0) is 49.9. The largest absolute Gasteiger partial charge is 0.472 e. The van der Waals surface area contributed by atoms with Crippen LogP contribution in [0, 0.1) is 0 Å². The Balaban J connectivity index is 3.92. The van der Waals surface area contributed by atoms with Gasteiger partial charge in [0.25, 0.3) is 0 Å². The lowest BCUT2D eigenvalue weighted by atomic mass is 10.0. The second-order valence-electron chi connectivity index (χ2n) is 18.9. The highest BCUT2D eigenvalue weighted by atomic mass is 31.2. The molecular formula is C59H102N2O6P+. The van der Waals surface area contributed by atoms with Crippen LogP contribution in [-0.2, 0) is 18.4 Å². The third-order valence-corrected chi connectivity index (χ3v) is 12.1. The Bertz CT molecular complexity index is 1510. The fourth-order valence-electron chi connectivity index (χ4n) is 6.96. The van der Waals surface area contributed by atoms with Crippen LogP contribution in [0.1, 0.15) is 194 Å². The van der Waals surface area contributed by atoms with E-state index in [0.29, 0.717) is 17.4 Å². The standard InChI is InChI=1S/C59H101N2O6P/c1-6-8-10-12-14-15-16-17-18-19-20-21-22-23-24-25-26-27-28-29-30-31-32-33-34-35-36-37-38-39-40-41-42-43-44-45-47-49-51-53-59(63)60-57(58(62)52-50-48-46-13-11-9-7-2)56-67-68(64,65)66-55-54-61(3,4)5/h8,10-11,13-15,17-18,20-21,23-24,26-27,29-30,32-33,50,52,57-58,62H,6-7,9,12,16,19,22,25,28,31,34-49,51,53-56H2,1-5H3,(H-,60,63,64,65)/p+1/b10-8-,13-11+,15-14-,18-17-,21-20-,24-23-,27-26-,30-29-,33-32-,52-50+. The van der Waals surface area contributed by atoms with E-state index >= 15 is 0 Å². The number of hydrogen-bond donors (Lipinski definition) is 3. The zero-order valence-corrected chi connectivity index (χ0v) is 44.9. The monoisotopic (exact) mass is 966 g/mol. The molecule has 0 aliphatic carbocycles. The van der Waals surface area contributed by atoms with Gasteiger partial charge in [0.15, 0.2) is 0 Å². The minimum atomic E-state index is -4.34.